The lowest BCUT2D eigenvalue weighted by atomic mass is 9.99. The van der Waals surface area contributed by atoms with Gasteiger partial charge in [0, 0.05) is 12.0 Å². The number of aromatic nitrogens is 2. The molecule has 0 saturated carbocycles. The Bertz CT molecular complexity index is 1340. The molecule has 0 spiro atoms. The van der Waals surface area contributed by atoms with Crippen LogP contribution in [0.3, 0.4) is 0 Å². The molecule has 4 aromatic rings. The van der Waals surface area contributed by atoms with Crippen molar-refractivity contribution in [3.63, 3.8) is 0 Å². The number of pyridine rings is 1. The fourth-order valence-corrected chi connectivity index (χ4v) is 3.49. The SMILES string of the molecule is Cc1c(Cc2cccc(OC(F)(F)F)c2)c(=O)n2c([nH]c3ccccc32)c1C#N. The lowest BCUT2D eigenvalue weighted by Crippen LogP contribution is -2.21. The Kier molecular flexibility index (Phi) is 4.31. The molecule has 0 bridgehead atoms. The van der Waals surface area contributed by atoms with Crippen LogP contribution in [0.2, 0.25) is 0 Å². The summed E-state index contributed by atoms with van der Waals surface area (Å²) in [5.74, 6) is -0.360. The van der Waals surface area contributed by atoms with Crippen molar-refractivity contribution in [2.45, 2.75) is 19.7 Å². The van der Waals surface area contributed by atoms with Crippen molar-refractivity contribution in [2.75, 3.05) is 0 Å². The summed E-state index contributed by atoms with van der Waals surface area (Å²) in [5.41, 5.74) is 3.02. The molecule has 2 heterocycles. The van der Waals surface area contributed by atoms with Crippen molar-refractivity contribution >= 4 is 16.7 Å². The van der Waals surface area contributed by atoms with Crippen molar-refractivity contribution in [2.24, 2.45) is 0 Å². The van der Waals surface area contributed by atoms with E-state index in [0.29, 0.717) is 38.9 Å². The third kappa shape index (κ3) is 3.31. The molecule has 0 saturated heterocycles. The first-order valence-electron chi connectivity index (χ1n) is 8.68. The molecule has 0 aliphatic heterocycles. The van der Waals surface area contributed by atoms with Gasteiger partial charge < -0.3 is 9.72 Å². The fraction of sp³-hybridized carbons (Fsp3) is 0.143. The Morgan fingerprint density at radius 1 is 1.17 bits per heavy atom. The van der Waals surface area contributed by atoms with Gasteiger partial charge in [-0.1, -0.05) is 24.3 Å². The number of fused-ring (bicyclic) bond motifs is 3. The highest BCUT2D eigenvalue weighted by atomic mass is 19.4. The molecule has 0 amide bonds. The summed E-state index contributed by atoms with van der Waals surface area (Å²) >= 11 is 0. The fourth-order valence-electron chi connectivity index (χ4n) is 3.49. The third-order valence-electron chi connectivity index (χ3n) is 4.77. The number of ether oxygens (including phenoxy) is 1. The van der Waals surface area contributed by atoms with Crippen molar-refractivity contribution in [1.29, 1.82) is 5.26 Å². The number of rotatable bonds is 3. The second-order valence-corrected chi connectivity index (χ2v) is 6.59. The van der Waals surface area contributed by atoms with Gasteiger partial charge in [-0.05, 0) is 42.3 Å². The average Bonchev–Trinajstić information content (AvgIpc) is 3.04. The lowest BCUT2D eigenvalue weighted by molar-refractivity contribution is -0.274. The molecule has 8 heteroatoms. The summed E-state index contributed by atoms with van der Waals surface area (Å²) in [6.07, 6.45) is -4.73. The molecule has 1 N–H and O–H groups in total. The third-order valence-corrected chi connectivity index (χ3v) is 4.77. The molecule has 5 nitrogen and oxygen atoms in total. The second-order valence-electron chi connectivity index (χ2n) is 6.59. The number of nitriles is 1. The van der Waals surface area contributed by atoms with E-state index in [1.165, 1.54) is 22.6 Å². The standard InChI is InChI=1S/C21H14F3N3O2/c1-12-15(10-13-5-4-6-14(9-13)29-21(22,23)24)20(28)27-18-8-3-2-7-17(18)26-19(27)16(12)11-25/h2-9,26H,10H2,1H3. The van der Waals surface area contributed by atoms with Gasteiger partial charge in [0.2, 0.25) is 0 Å². The first-order valence-corrected chi connectivity index (χ1v) is 8.68. The summed E-state index contributed by atoms with van der Waals surface area (Å²) in [6, 6.07) is 14.8. The van der Waals surface area contributed by atoms with E-state index < -0.39 is 6.36 Å². The molecular weight excluding hydrogens is 383 g/mol. The van der Waals surface area contributed by atoms with E-state index in [0.717, 1.165) is 0 Å². The predicted octanol–water partition coefficient (Wildman–Crippen LogP) is 4.45. The van der Waals surface area contributed by atoms with Crippen LogP contribution in [0.5, 0.6) is 5.75 Å². The molecule has 0 fully saturated rings. The van der Waals surface area contributed by atoms with E-state index >= 15 is 0 Å². The summed E-state index contributed by atoms with van der Waals surface area (Å²) in [7, 11) is 0. The zero-order valence-corrected chi connectivity index (χ0v) is 15.2. The summed E-state index contributed by atoms with van der Waals surface area (Å²) in [6.45, 7) is 1.66. The quantitative estimate of drug-likeness (QED) is 0.555. The molecule has 0 aliphatic carbocycles. The van der Waals surface area contributed by atoms with Crippen LogP contribution in [0, 0.1) is 18.3 Å². The van der Waals surface area contributed by atoms with Crippen LogP contribution in [-0.2, 0) is 6.42 Å². The van der Waals surface area contributed by atoms with Gasteiger partial charge in [0.25, 0.3) is 5.56 Å². The monoisotopic (exact) mass is 397 g/mol. The highest BCUT2D eigenvalue weighted by molar-refractivity contribution is 5.83. The number of nitrogens with zero attached hydrogens (tertiary/aromatic N) is 2. The van der Waals surface area contributed by atoms with Crippen molar-refractivity contribution in [3.05, 3.63) is 81.1 Å². The Hall–Kier alpha value is -3.73. The largest absolute Gasteiger partial charge is 0.573 e. The van der Waals surface area contributed by atoms with Gasteiger partial charge >= 0.3 is 6.36 Å². The molecule has 4 rings (SSSR count). The molecule has 2 aromatic heterocycles. The number of hydrogen-bond donors (Lipinski definition) is 1. The van der Waals surface area contributed by atoms with Crippen molar-refractivity contribution in [1.82, 2.24) is 9.38 Å². The topological polar surface area (TPSA) is 70.3 Å². The molecule has 2 aromatic carbocycles. The molecule has 29 heavy (non-hydrogen) atoms. The minimum Gasteiger partial charge on any atom is -0.406 e. The average molecular weight is 397 g/mol. The molecule has 0 atom stereocenters. The zero-order valence-electron chi connectivity index (χ0n) is 15.2. The van der Waals surface area contributed by atoms with Gasteiger partial charge in [-0.25, -0.2) is 0 Å². The second kappa shape index (κ2) is 6.71. The van der Waals surface area contributed by atoms with Crippen LogP contribution in [-0.4, -0.2) is 15.7 Å². The van der Waals surface area contributed by atoms with E-state index in [9.17, 15) is 23.2 Å². The van der Waals surface area contributed by atoms with Crippen LogP contribution in [0.25, 0.3) is 16.7 Å². The number of benzene rings is 2. The van der Waals surface area contributed by atoms with E-state index in [4.69, 9.17) is 0 Å². The van der Waals surface area contributed by atoms with E-state index in [1.54, 1.807) is 31.2 Å². The van der Waals surface area contributed by atoms with Crippen LogP contribution in [0.1, 0.15) is 22.3 Å². The van der Waals surface area contributed by atoms with E-state index in [2.05, 4.69) is 15.8 Å². The van der Waals surface area contributed by atoms with Gasteiger partial charge in [-0.3, -0.25) is 9.20 Å². The Morgan fingerprint density at radius 3 is 2.66 bits per heavy atom. The summed E-state index contributed by atoms with van der Waals surface area (Å²) in [4.78, 5) is 16.3. The predicted molar refractivity (Wildman–Crippen MR) is 101 cm³/mol. The first kappa shape index (κ1) is 18.6. The zero-order chi connectivity index (χ0) is 20.8. The van der Waals surface area contributed by atoms with Crippen molar-refractivity contribution < 1.29 is 17.9 Å². The maximum atomic E-state index is 13.2. The highest BCUT2D eigenvalue weighted by Gasteiger charge is 2.31. The van der Waals surface area contributed by atoms with Crippen LogP contribution < -0.4 is 10.3 Å². The maximum absolute atomic E-state index is 13.2. The minimum absolute atomic E-state index is 0.0663. The van der Waals surface area contributed by atoms with Gasteiger partial charge in [0.1, 0.15) is 17.5 Å². The number of aromatic amines is 1. The molecule has 0 aliphatic rings. The first-order chi connectivity index (χ1) is 13.8. The number of imidazole rings is 1. The molecular formula is C21H14F3N3O2. The minimum atomic E-state index is -4.80. The van der Waals surface area contributed by atoms with Gasteiger partial charge in [-0.2, -0.15) is 5.26 Å². The van der Waals surface area contributed by atoms with Gasteiger partial charge in [0.15, 0.2) is 0 Å². The normalized spacial score (nSPS) is 11.7. The number of halogens is 3. The summed E-state index contributed by atoms with van der Waals surface area (Å²) < 4.78 is 42.9. The summed E-state index contributed by atoms with van der Waals surface area (Å²) in [5, 5.41) is 9.66. The van der Waals surface area contributed by atoms with Gasteiger partial charge in [-0.15, -0.1) is 13.2 Å². The van der Waals surface area contributed by atoms with E-state index in [-0.39, 0.29) is 17.7 Å². The number of hydrogen-bond acceptors (Lipinski definition) is 3. The lowest BCUT2D eigenvalue weighted by Gasteiger charge is -2.12. The number of para-hydroxylation sites is 2. The smallest absolute Gasteiger partial charge is 0.406 e. The van der Waals surface area contributed by atoms with Gasteiger partial charge in [0.05, 0.1) is 16.6 Å². The van der Waals surface area contributed by atoms with E-state index in [1.807, 2.05) is 6.07 Å². The number of nitrogens with one attached hydrogen (secondary N) is 1. The van der Waals surface area contributed by atoms with Crippen molar-refractivity contribution in [3.8, 4) is 11.8 Å². The Morgan fingerprint density at radius 2 is 1.93 bits per heavy atom. The highest BCUT2D eigenvalue weighted by Crippen LogP contribution is 2.26. The molecule has 146 valence electrons. The van der Waals surface area contributed by atoms with Crippen LogP contribution in [0.4, 0.5) is 13.2 Å². The van der Waals surface area contributed by atoms with Crippen LogP contribution in [0.15, 0.2) is 53.3 Å². The Balaban J connectivity index is 1.89. The van der Waals surface area contributed by atoms with Crippen LogP contribution >= 0.6 is 0 Å². The maximum Gasteiger partial charge on any atom is 0.573 e. The number of H-pyrrole nitrogens is 1. The number of alkyl halides is 3. The molecule has 0 radical (unpaired) electrons. The molecule has 0 unspecified atom stereocenters. The Labute approximate surface area is 162 Å².